The molecule has 1 aromatic carbocycles. The van der Waals surface area contributed by atoms with Gasteiger partial charge in [0.1, 0.15) is 11.8 Å². The molecule has 2 aromatic heterocycles. The molecule has 0 saturated heterocycles. The summed E-state index contributed by atoms with van der Waals surface area (Å²) in [6.07, 6.45) is 5.06. The lowest BCUT2D eigenvalue weighted by molar-refractivity contribution is -0.136. The molecule has 0 bridgehead atoms. The summed E-state index contributed by atoms with van der Waals surface area (Å²) in [7, 11) is 1.32. The van der Waals surface area contributed by atoms with Crippen LogP contribution in [0.2, 0.25) is 0 Å². The van der Waals surface area contributed by atoms with E-state index in [0.29, 0.717) is 31.9 Å². The number of carbonyl (C=O) groups is 1. The van der Waals surface area contributed by atoms with Crippen molar-refractivity contribution in [1.29, 1.82) is 0 Å². The lowest BCUT2D eigenvalue weighted by Crippen LogP contribution is -2.40. The topological polar surface area (TPSA) is 82.8 Å². The van der Waals surface area contributed by atoms with Gasteiger partial charge in [-0.15, -0.1) is 0 Å². The van der Waals surface area contributed by atoms with Gasteiger partial charge in [0, 0.05) is 18.0 Å². The Bertz CT molecular complexity index is 1370. The Kier molecular flexibility index (Phi) is 6.05. The van der Waals surface area contributed by atoms with Gasteiger partial charge < -0.3 is 9.47 Å². The van der Waals surface area contributed by atoms with E-state index in [1.54, 1.807) is 30.0 Å². The first-order valence-electron chi connectivity index (χ1n) is 10.2. The molecule has 0 spiro atoms. The van der Waals surface area contributed by atoms with Crippen molar-refractivity contribution in [1.82, 2.24) is 9.55 Å². The number of fused-ring (bicyclic) bond motifs is 1. The highest BCUT2D eigenvalue weighted by Gasteiger charge is 2.34. The zero-order valence-corrected chi connectivity index (χ0v) is 19.1. The molecular weight excluding hydrogens is 426 g/mol. The molecule has 1 atom stereocenters. The highest BCUT2D eigenvalue weighted by Crippen LogP contribution is 2.36. The minimum atomic E-state index is -0.718. The molecule has 0 saturated carbocycles. The van der Waals surface area contributed by atoms with Crippen LogP contribution in [0.4, 0.5) is 0 Å². The number of para-hydroxylation sites is 1. The first-order valence-corrected chi connectivity index (χ1v) is 11.0. The predicted octanol–water partition coefficient (Wildman–Crippen LogP) is 2.59. The second kappa shape index (κ2) is 8.92. The van der Waals surface area contributed by atoms with E-state index in [1.807, 2.05) is 50.2 Å². The number of esters is 1. The van der Waals surface area contributed by atoms with E-state index in [2.05, 4.69) is 9.98 Å². The number of benzene rings is 1. The summed E-state index contributed by atoms with van der Waals surface area (Å²) in [6.45, 7) is 5.61. The highest BCUT2D eigenvalue weighted by atomic mass is 32.1. The number of nitrogens with zero attached hydrogens (tertiary/aromatic N) is 3. The molecule has 8 heteroatoms. The number of allylic oxidation sites excluding steroid dienone is 1. The van der Waals surface area contributed by atoms with Crippen molar-refractivity contribution in [2.75, 3.05) is 7.11 Å². The molecule has 0 radical (unpaired) electrons. The number of ether oxygens (including phenoxy) is 2. The van der Waals surface area contributed by atoms with Gasteiger partial charge in [-0.2, -0.15) is 0 Å². The molecule has 3 heterocycles. The van der Waals surface area contributed by atoms with E-state index in [4.69, 9.17) is 9.47 Å². The van der Waals surface area contributed by atoms with E-state index in [0.717, 1.165) is 5.56 Å². The predicted molar refractivity (Wildman–Crippen MR) is 122 cm³/mol. The fourth-order valence-corrected chi connectivity index (χ4v) is 4.71. The van der Waals surface area contributed by atoms with Gasteiger partial charge in [0.05, 0.1) is 29.0 Å². The van der Waals surface area contributed by atoms with Crippen LogP contribution in [0.5, 0.6) is 5.75 Å². The maximum Gasteiger partial charge on any atom is 0.338 e. The van der Waals surface area contributed by atoms with Gasteiger partial charge >= 0.3 is 5.97 Å². The van der Waals surface area contributed by atoms with Crippen LogP contribution < -0.4 is 19.6 Å². The molecule has 1 aliphatic heterocycles. The molecule has 0 aliphatic carbocycles. The molecule has 3 aromatic rings. The first kappa shape index (κ1) is 21.7. The molecule has 32 heavy (non-hydrogen) atoms. The third-order valence-electron chi connectivity index (χ3n) is 4.99. The fraction of sp³-hybridized carbons (Fsp3) is 0.250. The maximum atomic E-state index is 13.5. The molecule has 1 aliphatic rings. The van der Waals surface area contributed by atoms with E-state index in [9.17, 15) is 9.59 Å². The molecular formula is C24H23N3O4S. The molecule has 4 rings (SSSR count). The Balaban J connectivity index is 2.00. The minimum Gasteiger partial charge on any atom is -0.491 e. The molecule has 164 valence electrons. The third-order valence-corrected chi connectivity index (χ3v) is 5.97. The molecule has 7 nitrogen and oxygen atoms in total. The second-order valence-electron chi connectivity index (χ2n) is 7.56. The Morgan fingerprint density at radius 1 is 1.22 bits per heavy atom. The van der Waals surface area contributed by atoms with Crippen LogP contribution in [0.1, 0.15) is 37.9 Å². The average molecular weight is 450 g/mol. The Morgan fingerprint density at radius 3 is 2.69 bits per heavy atom. The number of carbonyl (C=O) groups excluding carboxylic acids is 1. The maximum absolute atomic E-state index is 13.5. The standard InChI is InChI=1S/C24H23N3O4S/c1-14(2)31-18-10-6-5-9-17(18)21-20(23(29)30-4)15(3)26-24-27(21)22(28)19(32-24)12-16-8-7-11-25-13-16/h5-14,21H,1-4H3/b19-12-/t21-/m1/s1. The zero-order chi connectivity index (χ0) is 22.8. The van der Waals surface area contributed by atoms with Crippen LogP contribution in [0, 0.1) is 0 Å². The van der Waals surface area contributed by atoms with Gasteiger partial charge in [-0.1, -0.05) is 35.6 Å². The Hall–Kier alpha value is -3.52. The Morgan fingerprint density at radius 2 is 2.00 bits per heavy atom. The largest absolute Gasteiger partial charge is 0.491 e. The van der Waals surface area contributed by atoms with Gasteiger partial charge in [-0.25, -0.2) is 9.79 Å². The minimum absolute atomic E-state index is 0.0794. The van der Waals surface area contributed by atoms with E-state index >= 15 is 0 Å². The van der Waals surface area contributed by atoms with Crippen molar-refractivity contribution < 1.29 is 14.3 Å². The van der Waals surface area contributed by atoms with Gasteiger partial charge in [0.15, 0.2) is 4.80 Å². The second-order valence-corrected chi connectivity index (χ2v) is 8.57. The summed E-state index contributed by atoms with van der Waals surface area (Å²) in [4.78, 5) is 35.5. The normalized spacial score (nSPS) is 16.0. The van der Waals surface area contributed by atoms with Gasteiger partial charge in [-0.3, -0.25) is 14.3 Å². The fourth-order valence-electron chi connectivity index (χ4n) is 3.67. The number of hydrogen-bond acceptors (Lipinski definition) is 7. The van der Waals surface area contributed by atoms with Crippen LogP contribution >= 0.6 is 11.3 Å². The molecule has 0 N–H and O–H groups in total. The SMILES string of the molecule is COC(=O)C1=C(C)N=c2s/c(=C\c3cccnc3)c(=O)n2[C@@H]1c1ccccc1OC(C)C. The van der Waals surface area contributed by atoms with Crippen molar-refractivity contribution in [2.24, 2.45) is 4.99 Å². The number of thiazole rings is 1. The molecule has 0 amide bonds. The number of pyridine rings is 1. The van der Waals surface area contributed by atoms with Crippen molar-refractivity contribution in [3.05, 3.63) is 90.9 Å². The number of rotatable bonds is 5. The lowest BCUT2D eigenvalue weighted by atomic mass is 9.95. The summed E-state index contributed by atoms with van der Waals surface area (Å²) in [5.41, 5.74) is 2.09. The summed E-state index contributed by atoms with van der Waals surface area (Å²) in [5.74, 6) is 0.0718. The number of aromatic nitrogens is 2. The van der Waals surface area contributed by atoms with Gasteiger partial charge in [-0.05, 0) is 44.5 Å². The third kappa shape index (κ3) is 4.01. The molecule has 0 fully saturated rings. The van der Waals surface area contributed by atoms with Crippen LogP contribution in [0.15, 0.2) is 69.8 Å². The lowest BCUT2D eigenvalue weighted by Gasteiger charge is -2.26. The van der Waals surface area contributed by atoms with Crippen LogP contribution in [-0.4, -0.2) is 28.7 Å². The Labute approximate surface area is 189 Å². The van der Waals surface area contributed by atoms with E-state index < -0.39 is 12.0 Å². The smallest absolute Gasteiger partial charge is 0.338 e. The summed E-state index contributed by atoms with van der Waals surface area (Å²) < 4.78 is 13.1. The van der Waals surface area contributed by atoms with Crippen molar-refractivity contribution in [3.63, 3.8) is 0 Å². The van der Waals surface area contributed by atoms with Crippen molar-refractivity contribution >= 4 is 23.4 Å². The van der Waals surface area contributed by atoms with Crippen LogP contribution in [0.3, 0.4) is 0 Å². The van der Waals surface area contributed by atoms with Gasteiger partial charge in [0.25, 0.3) is 5.56 Å². The quantitative estimate of drug-likeness (QED) is 0.559. The van der Waals surface area contributed by atoms with Gasteiger partial charge in [0.2, 0.25) is 0 Å². The van der Waals surface area contributed by atoms with Crippen molar-refractivity contribution in [2.45, 2.75) is 32.9 Å². The van der Waals surface area contributed by atoms with E-state index in [-0.39, 0.29) is 11.7 Å². The first-order chi connectivity index (χ1) is 15.4. The highest BCUT2D eigenvalue weighted by molar-refractivity contribution is 7.07. The monoisotopic (exact) mass is 449 g/mol. The van der Waals surface area contributed by atoms with Crippen LogP contribution in [0.25, 0.3) is 6.08 Å². The number of hydrogen-bond donors (Lipinski definition) is 0. The summed E-state index contributed by atoms with van der Waals surface area (Å²) in [5, 5.41) is 0. The van der Waals surface area contributed by atoms with Crippen molar-refractivity contribution in [3.8, 4) is 5.75 Å². The van der Waals surface area contributed by atoms with E-state index in [1.165, 1.54) is 18.4 Å². The average Bonchev–Trinajstić information content (AvgIpc) is 3.07. The molecule has 0 unspecified atom stereocenters. The van der Waals surface area contributed by atoms with Crippen LogP contribution in [-0.2, 0) is 9.53 Å². The summed E-state index contributed by atoms with van der Waals surface area (Å²) >= 11 is 1.27. The number of methoxy groups -OCH3 is 1. The zero-order valence-electron chi connectivity index (χ0n) is 18.2. The summed E-state index contributed by atoms with van der Waals surface area (Å²) in [6, 6.07) is 10.4.